The van der Waals surface area contributed by atoms with Gasteiger partial charge in [-0.3, -0.25) is 4.79 Å². The number of carbonyl (C=O) groups excluding carboxylic acids is 1. The topological polar surface area (TPSA) is 17.1 Å². The van der Waals surface area contributed by atoms with E-state index >= 15 is 0 Å². The van der Waals surface area contributed by atoms with Crippen LogP contribution in [0, 0.1) is 5.92 Å². The second-order valence-electron chi connectivity index (χ2n) is 1.99. The van der Waals surface area contributed by atoms with Gasteiger partial charge in [-0.2, -0.15) is 0 Å². The van der Waals surface area contributed by atoms with Gasteiger partial charge in [0.2, 0.25) is 0 Å². The van der Waals surface area contributed by atoms with E-state index in [0.29, 0.717) is 0 Å². The summed E-state index contributed by atoms with van der Waals surface area (Å²) in [6.07, 6.45) is 6.76. The highest BCUT2D eigenvalue weighted by Gasteiger charge is 2.02. The highest BCUT2D eigenvalue weighted by atomic mass is 16.1. The van der Waals surface area contributed by atoms with E-state index in [1.165, 1.54) is 0 Å². The van der Waals surface area contributed by atoms with Crippen molar-refractivity contribution in [1.82, 2.24) is 0 Å². The molecule has 10 heavy (non-hydrogen) atoms. The lowest BCUT2D eigenvalue weighted by Crippen LogP contribution is -2.02. The third-order valence-corrected chi connectivity index (χ3v) is 1.18. The Labute approximate surface area is 61.8 Å². The first-order chi connectivity index (χ1) is 4.72. The number of Topliss-reactive ketones (excluding diaryl/α,β-unsaturated/α-hetero) is 1. The maximum absolute atomic E-state index is 10.7. The van der Waals surface area contributed by atoms with Gasteiger partial charge in [0.15, 0.2) is 0 Å². The van der Waals surface area contributed by atoms with Crippen molar-refractivity contribution in [1.29, 1.82) is 0 Å². The van der Waals surface area contributed by atoms with Gasteiger partial charge in [0, 0.05) is 0 Å². The third-order valence-electron chi connectivity index (χ3n) is 1.18. The van der Waals surface area contributed by atoms with Gasteiger partial charge in [-0.15, -0.1) is 6.58 Å². The molecular formula is C9H12O. The summed E-state index contributed by atoms with van der Waals surface area (Å²) in [6, 6.07) is 0. The maximum atomic E-state index is 10.7. The SMILES string of the molecule is C=CC=CC(C=C)C(C)=O. The van der Waals surface area contributed by atoms with Crippen LogP contribution in [0.3, 0.4) is 0 Å². The molecule has 0 saturated carbocycles. The maximum Gasteiger partial charge on any atom is 0.140 e. The summed E-state index contributed by atoms with van der Waals surface area (Å²) in [7, 11) is 0. The Kier molecular flexibility index (Phi) is 4.21. The van der Waals surface area contributed by atoms with Gasteiger partial charge >= 0.3 is 0 Å². The fourth-order valence-electron chi connectivity index (χ4n) is 0.578. The van der Waals surface area contributed by atoms with Gasteiger partial charge in [0.25, 0.3) is 0 Å². The minimum Gasteiger partial charge on any atom is -0.299 e. The van der Waals surface area contributed by atoms with Crippen LogP contribution in [-0.4, -0.2) is 5.78 Å². The molecule has 1 unspecified atom stereocenters. The van der Waals surface area contributed by atoms with Crippen LogP contribution in [0.15, 0.2) is 37.5 Å². The Balaban J connectivity index is 4.07. The number of hydrogen-bond acceptors (Lipinski definition) is 1. The molecule has 0 spiro atoms. The molecule has 0 rings (SSSR count). The van der Waals surface area contributed by atoms with E-state index in [2.05, 4.69) is 13.2 Å². The molecule has 1 nitrogen and oxygen atoms in total. The molecule has 54 valence electrons. The molecule has 0 fully saturated rings. The Morgan fingerprint density at radius 2 is 2.10 bits per heavy atom. The van der Waals surface area contributed by atoms with E-state index in [1.54, 1.807) is 31.2 Å². The second-order valence-corrected chi connectivity index (χ2v) is 1.99. The lowest BCUT2D eigenvalue weighted by Gasteiger charge is -1.98. The van der Waals surface area contributed by atoms with Crippen LogP contribution in [0.2, 0.25) is 0 Å². The van der Waals surface area contributed by atoms with Crippen LogP contribution in [0.1, 0.15) is 6.92 Å². The van der Waals surface area contributed by atoms with Gasteiger partial charge in [0.1, 0.15) is 5.78 Å². The number of rotatable bonds is 4. The van der Waals surface area contributed by atoms with Crippen molar-refractivity contribution in [2.24, 2.45) is 5.92 Å². The summed E-state index contributed by atoms with van der Waals surface area (Å²) in [4.78, 5) is 10.7. The molecular weight excluding hydrogens is 124 g/mol. The smallest absolute Gasteiger partial charge is 0.140 e. The molecule has 0 bridgehead atoms. The van der Waals surface area contributed by atoms with Gasteiger partial charge in [-0.1, -0.05) is 30.9 Å². The highest BCUT2D eigenvalue weighted by molar-refractivity contribution is 5.81. The number of allylic oxidation sites excluding steroid dienone is 4. The first kappa shape index (κ1) is 8.89. The van der Waals surface area contributed by atoms with Crippen LogP contribution < -0.4 is 0 Å². The standard InChI is InChI=1S/C9H12O/c1-4-6-7-9(5-2)8(3)10/h4-7,9H,1-2H2,3H3. The summed E-state index contributed by atoms with van der Waals surface area (Å²) in [5, 5.41) is 0. The Morgan fingerprint density at radius 1 is 1.50 bits per heavy atom. The zero-order valence-electron chi connectivity index (χ0n) is 6.21. The predicted octanol–water partition coefficient (Wildman–Crippen LogP) is 2.12. The molecule has 0 aromatic carbocycles. The van der Waals surface area contributed by atoms with Crippen molar-refractivity contribution in [3.8, 4) is 0 Å². The molecule has 1 atom stereocenters. The fraction of sp³-hybridized carbons (Fsp3) is 0.222. The number of hydrogen-bond donors (Lipinski definition) is 0. The van der Waals surface area contributed by atoms with Crippen molar-refractivity contribution < 1.29 is 4.79 Å². The molecule has 0 aromatic rings. The molecule has 0 saturated heterocycles. The molecule has 0 radical (unpaired) electrons. The summed E-state index contributed by atoms with van der Waals surface area (Å²) < 4.78 is 0. The van der Waals surface area contributed by atoms with Crippen molar-refractivity contribution in [2.45, 2.75) is 6.92 Å². The second kappa shape index (κ2) is 4.74. The van der Waals surface area contributed by atoms with Gasteiger partial charge in [-0.05, 0) is 6.92 Å². The summed E-state index contributed by atoms with van der Waals surface area (Å²) in [6.45, 7) is 8.56. The van der Waals surface area contributed by atoms with E-state index in [0.717, 1.165) is 0 Å². The number of ketones is 1. The zero-order chi connectivity index (χ0) is 7.98. The van der Waals surface area contributed by atoms with Gasteiger partial charge in [-0.25, -0.2) is 0 Å². The van der Waals surface area contributed by atoms with Crippen LogP contribution in [-0.2, 0) is 4.79 Å². The molecule has 0 aliphatic rings. The largest absolute Gasteiger partial charge is 0.299 e. The fourth-order valence-corrected chi connectivity index (χ4v) is 0.578. The Hall–Kier alpha value is -1.11. The third kappa shape index (κ3) is 3.02. The molecule has 1 heteroatoms. The first-order valence-corrected chi connectivity index (χ1v) is 3.14. The van der Waals surface area contributed by atoms with Crippen LogP contribution in [0.4, 0.5) is 0 Å². The molecule has 0 aliphatic carbocycles. The van der Waals surface area contributed by atoms with E-state index in [1.807, 2.05) is 0 Å². The monoisotopic (exact) mass is 136 g/mol. The summed E-state index contributed by atoms with van der Waals surface area (Å²) >= 11 is 0. The summed E-state index contributed by atoms with van der Waals surface area (Å²) in [5.74, 6) is -0.0499. The lowest BCUT2D eigenvalue weighted by atomic mass is 10.1. The lowest BCUT2D eigenvalue weighted by molar-refractivity contribution is -0.118. The van der Waals surface area contributed by atoms with Crippen molar-refractivity contribution in [3.63, 3.8) is 0 Å². The Bertz CT molecular complexity index is 166. The van der Waals surface area contributed by atoms with Crippen LogP contribution in [0.5, 0.6) is 0 Å². The minimum atomic E-state index is -0.155. The number of carbonyl (C=O) groups is 1. The van der Waals surface area contributed by atoms with E-state index in [-0.39, 0.29) is 11.7 Å². The first-order valence-electron chi connectivity index (χ1n) is 3.14. The Morgan fingerprint density at radius 3 is 2.40 bits per heavy atom. The van der Waals surface area contributed by atoms with E-state index in [4.69, 9.17) is 0 Å². The highest BCUT2D eigenvalue weighted by Crippen LogP contribution is 2.00. The van der Waals surface area contributed by atoms with Gasteiger partial charge < -0.3 is 0 Å². The van der Waals surface area contributed by atoms with E-state index in [9.17, 15) is 4.79 Å². The molecule has 0 amide bonds. The summed E-state index contributed by atoms with van der Waals surface area (Å²) in [5.41, 5.74) is 0. The van der Waals surface area contributed by atoms with Crippen molar-refractivity contribution in [3.05, 3.63) is 37.5 Å². The van der Waals surface area contributed by atoms with E-state index < -0.39 is 0 Å². The molecule has 0 heterocycles. The minimum absolute atomic E-state index is 0.105. The van der Waals surface area contributed by atoms with Crippen LogP contribution >= 0.6 is 0 Å². The quantitative estimate of drug-likeness (QED) is 0.427. The molecule has 0 aromatic heterocycles. The molecule has 0 aliphatic heterocycles. The molecule has 0 N–H and O–H groups in total. The van der Waals surface area contributed by atoms with Gasteiger partial charge in [0.05, 0.1) is 5.92 Å². The van der Waals surface area contributed by atoms with Crippen molar-refractivity contribution in [2.75, 3.05) is 0 Å². The average molecular weight is 136 g/mol. The predicted molar refractivity (Wildman–Crippen MR) is 43.7 cm³/mol. The normalized spacial score (nSPS) is 12.9. The zero-order valence-corrected chi connectivity index (χ0v) is 6.21. The average Bonchev–Trinajstić information content (AvgIpc) is 1.89. The van der Waals surface area contributed by atoms with Crippen LogP contribution in [0.25, 0.3) is 0 Å². The van der Waals surface area contributed by atoms with Crippen molar-refractivity contribution >= 4 is 5.78 Å².